The van der Waals surface area contributed by atoms with Gasteiger partial charge in [-0.2, -0.15) is 36.9 Å². The number of carbonyl (C=O) groups excluding carboxylic acids is 5. The van der Waals surface area contributed by atoms with E-state index in [4.69, 9.17) is 39.2 Å². The van der Waals surface area contributed by atoms with Crippen molar-refractivity contribution in [1.29, 1.82) is 10.5 Å². The smallest absolute Gasteiger partial charge is 0.393 e. The Morgan fingerprint density at radius 3 is 0.941 bits per heavy atom. The van der Waals surface area contributed by atoms with Gasteiger partial charge in [-0.25, -0.2) is 63.4 Å². The third-order valence-corrected chi connectivity index (χ3v) is 23.6. The highest BCUT2D eigenvalue weighted by Crippen LogP contribution is 2.45. The molecule has 136 heavy (non-hydrogen) atoms. The van der Waals surface area contributed by atoms with Crippen LogP contribution in [0.1, 0.15) is 73.3 Å². The second-order valence-electron chi connectivity index (χ2n) is 33.4. The first-order valence-corrected chi connectivity index (χ1v) is 43.1. The molecule has 0 radical (unpaired) electrons. The number of aryl methyl sites for hydroxylation is 3. The quantitative estimate of drug-likeness (QED) is 0.0400. The minimum atomic E-state index is -4.54. The fourth-order valence-electron chi connectivity index (χ4n) is 15.7. The Balaban J connectivity index is 0.000000123. The van der Waals surface area contributed by atoms with E-state index in [0.29, 0.717) is 92.9 Å². The van der Waals surface area contributed by atoms with Crippen LogP contribution in [0.25, 0.3) is 110 Å². The maximum Gasteiger partial charge on any atom is 0.417 e. The standard InChI is InChI=1S/C21H23N5O2.2C20H14F3N5O.2C19H17FN4O/c1-2-12-5-3-4-6-16(12)18-7-13-8-19(23-11-17(13)20(22)25-18)26-21(28)24-14-9-15(27)10-14;2*21-20(22,23)15-4-2-1-3-12(15)16-6-10-7-17(26-9-14(10)18(25)27-16)28-19(29)13-5-11(13)8-24;2*1-10-4-2-3-5-12(10)16-6-11-7-17(22-9-14(11)18(21)23-16)24-19(25)13-8-15(13)20/h3-8,11,14-15,27H,2,9-10H2,1H3,(H2,22,25)(H2,23,24,26,28);2*1-4,6-7,9,11,13H,5H2,(H2,25,27)(H,26,28,29);2*2-7,9,13,15H,8H2,1H3,(H2,21,23)(H,22,24,25)/t;2*11-,13+;2*13-,15-/m.1010/s1. The maximum absolute atomic E-state index is 13.4. The number of amides is 6. The van der Waals surface area contributed by atoms with Crippen LogP contribution in [0.15, 0.2) is 213 Å². The number of nitrogens with two attached hydrogens (primary N) is 5. The monoisotopic (exact) mass is 1840 g/mol. The molecule has 20 rings (SSSR count). The van der Waals surface area contributed by atoms with Crippen molar-refractivity contribution in [2.45, 2.75) is 103 Å². The number of hydrogen-bond acceptors (Lipinski definition) is 23. The molecule has 29 nitrogen and oxygen atoms in total. The molecule has 0 saturated heterocycles. The number of alkyl halides is 8. The third-order valence-electron chi connectivity index (χ3n) is 23.6. The summed E-state index contributed by atoms with van der Waals surface area (Å²) in [6, 6.07) is 55.0. The lowest BCUT2D eigenvalue weighted by Crippen LogP contribution is -2.48. The number of pyridine rings is 10. The number of nitrogens with one attached hydrogen (secondary N) is 6. The van der Waals surface area contributed by atoms with Gasteiger partial charge in [-0.05, 0) is 175 Å². The van der Waals surface area contributed by atoms with Gasteiger partial charge in [0.1, 0.15) is 70.5 Å². The SMILES string of the molecule is CCc1ccccc1-c1cc2cc(NC(=O)NC3CC(O)C3)ncc2c(N)n1.Cc1ccccc1-c1cc2cc(NC(=O)[C@@H]3C[C@H]3F)ncc2c(N)n1.Cc1ccccc1-c1cc2cc(NC(=O)[C@H]3C[C@@H]3F)ncc2c(N)n1.N#C[C@@H]1C[C@H]1C(=O)Nc1cc2cc(-c3ccccc3C(F)(F)F)nc(N)c2cn1.N#C[C@H]1C[C@@H]1C(=O)Nc1cc2cc(-c3ccccc3C(F)(F)F)nc(N)c2cn1. The van der Waals surface area contributed by atoms with Crippen LogP contribution in [0.4, 0.5) is 98.1 Å². The number of aliphatic hydroxyl groups excluding tert-OH is 1. The number of fused-ring (bicyclic) bond motifs is 5. The number of anilines is 10. The summed E-state index contributed by atoms with van der Waals surface area (Å²) in [5, 5.41) is 49.7. The second kappa shape index (κ2) is 38.7. The molecule has 5 saturated carbocycles. The molecular weight excluding hydrogens is 1760 g/mol. The highest BCUT2D eigenvalue weighted by Gasteiger charge is 2.47. The predicted molar refractivity (Wildman–Crippen MR) is 502 cm³/mol. The normalized spacial score (nSPS) is 18.6. The Morgan fingerprint density at radius 1 is 0.382 bits per heavy atom. The van der Waals surface area contributed by atoms with Crippen LogP contribution in [-0.4, -0.2) is 109 Å². The van der Waals surface area contributed by atoms with Gasteiger partial charge in [-0.15, -0.1) is 0 Å². The van der Waals surface area contributed by atoms with E-state index in [1.807, 2.05) is 111 Å². The summed E-state index contributed by atoms with van der Waals surface area (Å²) in [4.78, 5) is 103. The number of rotatable bonds is 16. The number of aliphatic hydroxyl groups is 1. The second-order valence-corrected chi connectivity index (χ2v) is 33.4. The van der Waals surface area contributed by atoms with Crippen molar-refractivity contribution >= 4 is 142 Å². The maximum atomic E-state index is 13.4. The van der Waals surface area contributed by atoms with Crippen molar-refractivity contribution in [3.8, 4) is 68.4 Å². The largest absolute Gasteiger partial charge is 0.417 e. The topological polar surface area (TPSA) is 484 Å². The molecule has 5 fully saturated rings. The molecule has 6 amide bonds. The summed E-state index contributed by atoms with van der Waals surface area (Å²) in [6.45, 7) is 6.13. The van der Waals surface area contributed by atoms with Crippen molar-refractivity contribution in [1.82, 2.24) is 55.2 Å². The highest BCUT2D eigenvalue weighted by atomic mass is 19.4. The van der Waals surface area contributed by atoms with E-state index in [9.17, 15) is 64.2 Å². The van der Waals surface area contributed by atoms with Crippen LogP contribution < -0.4 is 60.6 Å². The Labute approximate surface area is 770 Å². The van der Waals surface area contributed by atoms with Crippen LogP contribution in [0.2, 0.25) is 0 Å². The van der Waals surface area contributed by atoms with E-state index in [-0.39, 0.29) is 124 Å². The lowest BCUT2D eigenvalue weighted by Gasteiger charge is -2.31. The molecule has 688 valence electrons. The molecule has 5 aromatic carbocycles. The molecule has 37 heteroatoms. The van der Waals surface area contributed by atoms with Gasteiger partial charge in [0.25, 0.3) is 0 Å². The van der Waals surface area contributed by atoms with Crippen LogP contribution in [0.3, 0.4) is 0 Å². The van der Waals surface area contributed by atoms with Gasteiger partial charge in [-0.3, -0.25) is 24.5 Å². The molecule has 5 aliphatic carbocycles. The number of nitrogens with zero attached hydrogens (tertiary/aromatic N) is 12. The molecular formula is C99H85F8N23O6. The van der Waals surface area contributed by atoms with Gasteiger partial charge in [0.2, 0.25) is 23.6 Å². The number of hydrogen-bond donors (Lipinski definition) is 12. The van der Waals surface area contributed by atoms with Gasteiger partial charge < -0.3 is 60.4 Å². The lowest BCUT2D eigenvalue weighted by atomic mass is 9.90. The lowest BCUT2D eigenvalue weighted by molar-refractivity contribution is -0.137. The Morgan fingerprint density at radius 2 is 0.654 bits per heavy atom. The van der Waals surface area contributed by atoms with Crippen molar-refractivity contribution < 1.29 is 64.2 Å². The van der Waals surface area contributed by atoms with E-state index in [1.54, 1.807) is 36.8 Å². The van der Waals surface area contributed by atoms with Crippen molar-refractivity contribution in [2.24, 2.45) is 35.5 Å². The van der Waals surface area contributed by atoms with Crippen LogP contribution in [0, 0.1) is 72.0 Å². The number of aromatic nitrogens is 10. The fourth-order valence-corrected chi connectivity index (χ4v) is 15.7. The number of nitriles is 2. The predicted octanol–water partition coefficient (Wildman–Crippen LogP) is 18.0. The van der Waals surface area contributed by atoms with Gasteiger partial charge >= 0.3 is 18.4 Å². The molecule has 17 N–H and O–H groups in total. The van der Waals surface area contributed by atoms with E-state index in [1.165, 1.54) is 78.6 Å². The molecule has 5 aliphatic rings. The van der Waals surface area contributed by atoms with Crippen molar-refractivity contribution in [3.05, 3.63) is 241 Å². The zero-order valence-corrected chi connectivity index (χ0v) is 72.7. The Kier molecular flexibility index (Phi) is 26.4. The Bertz CT molecular complexity index is 6990. The molecule has 8 atom stereocenters. The van der Waals surface area contributed by atoms with Crippen LogP contribution in [0.5, 0.6) is 0 Å². The fraction of sp³-hybridized carbons (Fsp3) is 0.222. The molecule has 0 spiro atoms. The molecule has 0 bridgehead atoms. The average molecular weight is 1840 g/mol. The van der Waals surface area contributed by atoms with Gasteiger partial charge in [0.05, 0.1) is 93.3 Å². The number of nitrogen functional groups attached to an aromatic ring is 5. The summed E-state index contributed by atoms with van der Waals surface area (Å²) in [7, 11) is 0. The number of benzene rings is 5. The summed E-state index contributed by atoms with van der Waals surface area (Å²) >= 11 is 0. The van der Waals surface area contributed by atoms with Gasteiger partial charge in [0.15, 0.2) is 0 Å². The van der Waals surface area contributed by atoms with Gasteiger partial charge in [0, 0.05) is 91.8 Å². The molecule has 10 heterocycles. The molecule has 10 aromatic heterocycles. The van der Waals surface area contributed by atoms with Crippen LogP contribution in [-0.2, 0) is 38.0 Å². The van der Waals surface area contributed by atoms with E-state index < -0.39 is 47.7 Å². The van der Waals surface area contributed by atoms with Gasteiger partial charge in [-0.1, -0.05) is 116 Å². The van der Waals surface area contributed by atoms with E-state index in [2.05, 4.69) is 94.7 Å². The molecule has 15 aromatic rings. The summed E-state index contributed by atoms with van der Waals surface area (Å²) in [5.74, 6) is -0.806. The number of halogens is 8. The van der Waals surface area contributed by atoms with E-state index >= 15 is 0 Å². The first-order valence-electron chi connectivity index (χ1n) is 43.1. The zero-order valence-electron chi connectivity index (χ0n) is 72.7. The van der Waals surface area contributed by atoms with E-state index in [0.717, 1.165) is 85.0 Å². The minimum absolute atomic E-state index is 0.00690. The first kappa shape index (κ1) is 92.7. The van der Waals surface area contributed by atoms with Crippen molar-refractivity contribution in [2.75, 3.05) is 55.3 Å². The van der Waals surface area contributed by atoms with Crippen molar-refractivity contribution in [3.63, 3.8) is 0 Å². The summed E-state index contributed by atoms with van der Waals surface area (Å²) in [6.07, 6.45) is -0.233. The summed E-state index contributed by atoms with van der Waals surface area (Å²) < 4.78 is 106. The minimum Gasteiger partial charge on any atom is -0.393 e. The van der Waals surface area contributed by atoms with Crippen LogP contribution >= 0.6 is 0 Å². The third kappa shape index (κ3) is 21.3. The molecule has 0 unspecified atom stereocenters. The highest BCUT2D eigenvalue weighted by molar-refractivity contribution is 6.04. The molecule has 0 aliphatic heterocycles. The summed E-state index contributed by atoms with van der Waals surface area (Å²) in [5.41, 5.74) is 37.3. The Hall–Kier alpha value is -16.6. The first-order chi connectivity index (χ1) is 65.1. The average Bonchev–Trinajstić information content (AvgIpc) is 1.30. The zero-order chi connectivity index (χ0) is 96.3. The number of urea groups is 1. The number of carbonyl (C=O) groups is 5.